The van der Waals surface area contributed by atoms with Crippen molar-refractivity contribution in [2.75, 3.05) is 11.8 Å². The fraction of sp³-hybridized carbons (Fsp3) is 0.250. The van der Waals surface area contributed by atoms with E-state index in [1.807, 2.05) is 0 Å². The molecule has 0 amide bonds. The van der Waals surface area contributed by atoms with Crippen LogP contribution >= 0.6 is 0 Å². The number of alkyl halides is 6. The van der Waals surface area contributed by atoms with Crippen LogP contribution in [0.2, 0.25) is 0 Å². The Kier molecular flexibility index (Phi) is 6.72. The van der Waals surface area contributed by atoms with Gasteiger partial charge < -0.3 is 0 Å². The zero-order valence-electron chi connectivity index (χ0n) is 14.3. The number of nitrogens with zero attached hydrogens (tertiary/aromatic N) is 4. The van der Waals surface area contributed by atoms with Crippen molar-refractivity contribution in [1.82, 2.24) is 0 Å². The standard InChI is InChI=1S/C16H12F6N4O2S/c17-15(18,19)11-1-5-13(6-2-11)25-23-9-29(27,28)10-24-26-14-7-3-12(4-8-14)16(20,21)22/h1-8H,9-10H2. The van der Waals surface area contributed by atoms with Gasteiger partial charge in [-0.15, -0.1) is 0 Å². The quantitative estimate of drug-likeness (QED) is 0.414. The first-order chi connectivity index (χ1) is 13.4. The first-order valence-electron chi connectivity index (χ1n) is 7.67. The number of halogens is 6. The maximum atomic E-state index is 12.4. The number of rotatable bonds is 6. The van der Waals surface area contributed by atoms with Crippen LogP contribution in [0, 0.1) is 0 Å². The van der Waals surface area contributed by atoms with Crippen LogP contribution in [-0.4, -0.2) is 20.2 Å². The van der Waals surface area contributed by atoms with Gasteiger partial charge in [-0.05, 0) is 48.5 Å². The van der Waals surface area contributed by atoms with E-state index < -0.39 is 45.1 Å². The molecule has 0 aliphatic heterocycles. The molecular weight excluding hydrogens is 426 g/mol. The SMILES string of the molecule is O=S(=O)(CN=Nc1ccc(C(F)(F)F)cc1)CN=Nc1ccc(C(F)(F)F)cc1. The summed E-state index contributed by atoms with van der Waals surface area (Å²) in [4.78, 5) is 0. The van der Waals surface area contributed by atoms with Crippen LogP contribution < -0.4 is 0 Å². The summed E-state index contributed by atoms with van der Waals surface area (Å²) >= 11 is 0. The highest BCUT2D eigenvalue weighted by molar-refractivity contribution is 7.91. The summed E-state index contributed by atoms with van der Waals surface area (Å²) in [5.74, 6) is -1.58. The van der Waals surface area contributed by atoms with Crippen LogP contribution in [0.25, 0.3) is 0 Å². The molecule has 0 bridgehead atoms. The summed E-state index contributed by atoms with van der Waals surface area (Å²) in [7, 11) is -3.87. The summed E-state index contributed by atoms with van der Waals surface area (Å²) in [6, 6.07) is 7.24. The minimum absolute atomic E-state index is 0.0274. The van der Waals surface area contributed by atoms with E-state index in [0.29, 0.717) is 0 Å². The lowest BCUT2D eigenvalue weighted by molar-refractivity contribution is -0.138. The Hall–Kier alpha value is -2.83. The van der Waals surface area contributed by atoms with Gasteiger partial charge in [-0.1, -0.05) is 0 Å². The van der Waals surface area contributed by atoms with Gasteiger partial charge in [0, 0.05) is 0 Å². The average molecular weight is 438 g/mol. The van der Waals surface area contributed by atoms with E-state index in [2.05, 4.69) is 20.5 Å². The fourth-order valence-electron chi connectivity index (χ4n) is 1.87. The predicted octanol–water partition coefficient (Wildman–Crippen LogP) is 5.92. The number of azo groups is 2. The van der Waals surface area contributed by atoms with E-state index in [1.54, 1.807) is 0 Å². The van der Waals surface area contributed by atoms with E-state index >= 15 is 0 Å². The Balaban J connectivity index is 1.91. The van der Waals surface area contributed by atoms with Crippen LogP contribution in [-0.2, 0) is 22.2 Å². The van der Waals surface area contributed by atoms with Crippen molar-refractivity contribution in [3.63, 3.8) is 0 Å². The minimum atomic E-state index is -4.50. The first-order valence-corrected chi connectivity index (χ1v) is 9.49. The third-order valence-electron chi connectivity index (χ3n) is 3.27. The summed E-state index contributed by atoms with van der Waals surface area (Å²) in [5.41, 5.74) is -1.71. The number of benzene rings is 2. The molecule has 0 unspecified atom stereocenters. The summed E-state index contributed by atoms with van der Waals surface area (Å²) in [5, 5.41) is 13.8. The lowest BCUT2D eigenvalue weighted by Gasteiger charge is -2.05. The molecule has 0 saturated heterocycles. The fourth-order valence-corrected chi connectivity index (χ4v) is 2.42. The molecule has 0 saturated carbocycles. The Morgan fingerprint density at radius 2 is 0.931 bits per heavy atom. The topological polar surface area (TPSA) is 83.6 Å². The minimum Gasteiger partial charge on any atom is -0.225 e. The Labute approximate surface area is 160 Å². The highest BCUT2D eigenvalue weighted by Crippen LogP contribution is 2.31. The first kappa shape index (κ1) is 22.5. The second-order valence-electron chi connectivity index (χ2n) is 5.57. The molecule has 0 heterocycles. The van der Waals surface area contributed by atoms with Gasteiger partial charge in [-0.3, -0.25) is 0 Å². The number of hydrogen-bond acceptors (Lipinski definition) is 6. The molecule has 0 aliphatic rings. The molecule has 0 spiro atoms. The third-order valence-corrected chi connectivity index (χ3v) is 4.29. The molecule has 0 radical (unpaired) electrons. The van der Waals surface area contributed by atoms with Crippen molar-refractivity contribution in [2.24, 2.45) is 20.5 Å². The molecule has 0 atom stereocenters. The predicted molar refractivity (Wildman–Crippen MR) is 90.6 cm³/mol. The second-order valence-corrected chi connectivity index (χ2v) is 7.58. The molecule has 0 aromatic heterocycles. The van der Waals surface area contributed by atoms with Crippen LogP contribution in [0.1, 0.15) is 11.1 Å². The third kappa shape index (κ3) is 7.25. The number of hydrogen-bond donors (Lipinski definition) is 0. The highest BCUT2D eigenvalue weighted by atomic mass is 32.2. The Bertz CT molecular complexity index is 907. The van der Waals surface area contributed by atoms with Gasteiger partial charge >= 0.3 is 12.4 Å². The molecule has 2 rings (SSSR count). The van der Waals surface area contributed by atoms with Crippen molar-refractivity contribution < 1.29 is 34.8 Å². The lowest BCUT2D eigenvalue weighted by Crippen LogP contribution is -2.06. The lowest BCUT2D eigenvalue weighted by atomic mass is 10.2. The molecule has 0 N–H and O–H groups in total. The molecule has 0 fully saturated rings. The molecule has 2 aromatic carbocycles. The van der Waals surface area contributed by atoms with Crippen molar-refractivity contribution in [1.29, 1.82) is 0 Å². The van der Waals surface area contributed by atoms with E-state index in [9.17, 15) is 34.8 Å². The van der Waals surface area contributed by atoms with Crippen molar-refractivity contribution in [3.8, 4) is 0 Å². The van der Waals surface area contributed by atoms with Gasteiger partial charge in [-0.25, -0.2) is 8.42 Å². The monoisotopic (exact) mass is 438 g/mol. The average Bonchev–Trinajstić information content (AvgIpc) is 2.61. The van der Waals surface area contributed by atoms with Crippen molar-refractivity contribution >= 4 is 21.2 Å². The molecule has 156 valence electrons. The van der Waals surface area contributed by atoms with Gasteiger partial charge in [0.05, 0.1) is 22.5 Å². The summed E-state index contributed by atoms with van der Waals surface area (Å²) in [6.07, 6.45) is -9.01. The van der Waals surface area contributed by atoms with E-state index in [0.717, 1.165) is 48.5 Å². The second kappa shape index (κ2) is 8.68. The molecule has 6 nitrogen and oxygen atoms in total. The normalized spacial score (nSPS) is 13.4. The van der Waals surface area contributed by atoms with Crippen molar-refractivity contribution in [2.45, 2.75) is 12.4 Å². The molecule has 29 heavy (non-hydrogen) atoms. The summed E-state index contributed by atoms with van der Waals surface area (Å²) < 4.78 is 98.2. The van der Waals surface area contributed by atoms with Gasteiger partial charge in [-0.2, -0.15) is 46.8 Å². The smallest absolute Gasteiger partial charge is 0.225 e. The molecule has 2 aromatic rings. The van der Waals surface area contributed by atoms with E-state index in [4.69, 9.17) is 0 Å². The number of sulfone groups is 1. The van der Waals surface area contributed by atoms with Gasteiger partial charge in [0.2, 0.25) is 0 Å². The Morgan fingerprint density at radius 1 is 0.621 bits per heavy atom. The molecule has 0 aliphatic carbocycles. The van der Waals surface area contributed by atoms with Crippen LogP contribution in [0.5, 0.6) is 0 Å². The molecular formula is C16H12F6N4O2S. The molecule has 13 heteroatoms. The van der Waals surface area contributed by atoms with Crippen LogP contribution in [0.15, 0.2) is 69.0 Å². The van der Waals surface area contributed by atoms with Crippen LogP contribution in [0.3, 0.4) is 0 Å². The maximum Gasteiger partial charge on any atom is 0.416 e. The van der Waals surface area contributed by atoms with E-state index in [-0.39, 0.29) is 11.4 Å². The Morgan fingerprint density at radius 3 is 1.21 bits per heavy atom. The summed E-state index contributed by atoms with van der Waals surface area (Å²) in [6.45, 7) is 0. The zero-order chi connectivity index (χ0) is 21.7. The zero-order valence-corrected chi connectivity index (χ0v) is 15.1. The van der Waals surface area contributed by atoms with Gasteiger partial charge in [0.25, 0.3) is 0 Å². The highest BCUT2D eigenvalue weighted by Gasteiger charge is 2.30. The van der Waals surface area contributed by atoms with Crippen molar-refractivity contribution in [3.05, 3.63) is 59.7 Å². The maximum absolute atomic E-state index is 12.4. The van der Waals surface area contributed by atoms with Gasteiger partial charge in [0.15, 0.2) is 21.6 Å². The van der Waals surface area contributed by atoms with Crippen LogP contribution in [0.4, 0.5) is 37.7 Å². The van der Waals surface area contributed by atoms with E-state index in [1.165, 1.54) is 0 Å². The van der Waals surface area contributed by atoms with Gasteiger partial charge in [0.1, 0.15) is 0 Å². The largest absolute Gasteiger partial charge is 0.416 e.